The normalized spacial score (nSPS) is 10.8. The van der Waals surface area contributed by atoms with Gasteiger partial charge in [0.15, 0.2) is 11.5 Å². The molecule has 0 aromatic heterocycles. The van der Waals surface area contributed by atoms with Crippen molar-refractivity contribution in [3.8, 4) is 17.2 Å². The first-order chi connectivity index (χ1) is 19.1. The molecule has 0 spiro atoms. The van der Waals surface area contributed by atoms with Gasteiger partial charge in [0.25, 0.3) is 5.91 Å². The molecule has 0 fully saturated rings. The van der Waals surface area contributed by atoms with Gasteiger partial charge < -0.3 is 14.2 Å². The topological polar surface area (TPSA) is 69.2 Å². The second-order valence-corrected chi connectivity index (χ2v) is 9.12. The van der Waals surface area contributed by atoms with Crippen molar-refractivity contribution in [1.82, 2.24) is 5.43 Å². The zero-order chi connectivity index (χ0) is 27.3. The van der Waals surface area contributed by atoms with E-state index in [9.17, 15) is 4.79 Å². The zero-order valence-electron chi connectivity index (χ0n) is 22.4. The Morgan fingerprint density at radius 1 is 0.795 bits per heavy atom. The zero-order valence-corrected chi connectivity index (χ0v) is 22.4. The van der Waals surface area contributed by atoms with E-state index in [4.69, 9.17) is 14.2 Å². The standard InChI is InChI=1S/C33H34N2O4/c1-3-4-8-25-11-16-29(17-12-25)33(36)35-34-22-26-13-18-30(19-14-26)38-24-28-15-20-31(32(21-28)37-2)39-23-27-9-6-5-7-10-27/h5-7,9-22H,3-4,8,23-24H2,1-2H3,(H,35,36)/b34-22+. The Morgan fingerprint density at radius 3 is 2.23 bits per heavy atom. The highest BCUT2D eigenvalue weighted by molar-refractivity contribution is 5.94. The Balaban J connectivity index is 1.25. The number of unbranched alkanes of at least 4 members (excludes halogenated alkanes) is 1. The van der Waals surface area contributed by atoms with Gasteiger partial charge in [0.2, 0.25) is 0 Å². The summed E-state index contributed by atoms with van der Waals surface area (Å²) in [6, 6.07) is 31.0. The van der Waals surface area contributed by atoms with E-state index in [0.29, 0.717) is 30.3 Å². The monoisotopic (exact) mass is 522 g/mol. The first-order valence-corrected chi connectivity index (χ1v) is 13.1. The summed E-state index contributed by atoms with van der Waals surface area (Å²) < 4.78 is 17.4. The summed E-state index contributed by atoms with van der Waals surface area (Å²) >= 11 is 0. The van der Waals surface area contributed by atoms with Gasteiger partial charge >= 0.3 is 0 Å². The fraction of sp³-hybridized carbons (Fsp3) is 0.212. The van der Waals surface area contributed by atoms with Crippen molar-refractivity contribution >= 4 is 12.1 Å². The van der Waals surface area contributed by atoms with Crippen LogP contribution in [0.1, 0.15) is 52.4 Å². The molecule has 6 nitrogen and oxygen atoms in total. The van der Waals surface area contributed by atoms with Crippen LogP contribution in [0.2, 0.25) is 0 Å². The van der Waals surface area contributed by atoms with Crippen LogP contribution in [0.25, 0.3) is 0 Å². The second-order valence-electron chi connectivity index (χ2n) is 9.12. The van der Waals surface area contributed by atoms with Crippen molar-refractivity contribution in [1.29, 1.82) is 0 Å². The molecule has 0 atom stereocenters. The highest BCUT2D eigenvalue weighted by atomic mass is 16.5. The van der Waals surface area contributed by atoms with Gasteiger partial charge in [0, 0.05) is 5.56 Å². The van der Waals surface area contributed by atoms with E-state index in [1.54, 1.807) is 13.3 Å². The molecule has 0 radical (unpaired) electrons. The van der Waals surface area contributed by atoms with Crippen molar-refractivity contribution in [3.63, 3.8) is 0 Å². The second kappa shape index (κ2) is 14.4. The number of methoxy groups -OCH3 is 1. The number of nitrogens with one attached hydrogen (secondary N) is 1. The van der Waals surface area contributed by atoms with Crippen molar-refractivity contribution in [2.45, 2.75) is 39.4 Å². The number of hydrazone groups is 1. The van der Waals surface area contributed by atoms with Crippen molar-refractivity contribution in [3.05, 3.63) is 125 Å². The molecule has 6 heteroatoms. The Bertz CT molecular complexity index is 1350. The molecule has 1 N–H and O–H groups in total. The van der Waals surface area contributed by atoms with Crippen LogP contribution in [0.5, 0.6) is 17.2 Å². The van der Waals surface area contributed by atoms with Gasteiger partial charge in [-0.2, -0.15) is 5.10 Å². The molecule has 39 heavy (non-hydrogen) atoms. The predicted molar refractivity (Wildman–Crippen MR) is 155 cm³/mol. The molecule has 0 saturated heterocycles. The molecule has 0 aliphatic carbocycles. The van der Waals surface area contributed by atoms with Gasteiger partial charge in [-0.05, 0) is 83.6 Å². The maximum atomic E-state index is 12.3. The Kier molecular flexibility index (Phi) is 10.1. The number of aryl methyl sites for hydroxylation is 1. The third kappa shape index (κ3) is 8.47. The van der Waals surface area contributed by atoms with Crippen LogP contribution in [0.3, 0.4) is 0 Å². The average Bonchev–Trinajstić information content (AvgIpc) is 2.99. The third-order valence-corrected chi connectivity index (χ3v) is 6.17. The smallest absolute Gasteiger partial charge is 0.271 e. The molecule has 4 aromatic carbocycles. The van der Waals surface area contributed by atoms with Crippen LogP contribution in [0.15, 0.2) is 102 Å². The molecule has 4 aromatic rings. The molecular formula is C33H34N2O4. The van der Waals surface area contributed by atoms with Crippen LogP contribution in [0, 0.1) is 0 Å². The Morgan fingerprint density at radius 2 is 1.51 bits per heavy atom. The molecule has 4 rings (SSSR count). The molecule has 0 unspecified atom stereocenters. The summed E-state index contributed by atoms with van der Waals surface area (Å²) in [5, 5.41) is 4.08. The van der Waals surface area contributed by atoms with Crippen LogP contribution in [-0.2, 0) is 19.6 Å². The molecule has 0 bridgehead atoms. The van der Waals surface area contributed by atoms with E-state index >= 15 is 0 Å². The largest absolute Gasteiger partial charge is 0.493 e. The molecule has 0 saturated carbocycles. The summed E-state index contributed by atoms with van der Waals surface area (Å²) in [7, 11) is 1.63. The highest BCUT2D eigenvalue weighted by Crippen LogP contribution is 2.29. The minimum Gasteiger partial charge on any atom is -0.493 e. The van der Waals surface area contributed by atoms with E-state index in [1.807, 2.05) is 97.1 Å². The highest BCUT2D eigenvalue weighted by Gasteiger charge is 2.08. The summed E-state index contributed by atoms with van der Waals surface area (Å²) in [4.78, 5) is 12.3. The quantitative estimate of drug-likeness (QED) is 0.152. The van der Waals surface area contributed by atoms with E-state index < -0.39 is 0 Å². The predicted octanol–water partition coefficient (Wildman–Crippen LogP) is 6.96. The Labute approximate surface area is 230 Å². The van der Waals surface area contributed by atoms with Crippen LogP contribution in [0.4, 0.5) is 0 Å². The number of amides is 1. The number of nitrogens with zero attached hydrogens (tertiary/aromatic N) is 1. The summed E-state index contributed by atoms with van der Waals surface area (Å²) in [6.07, 6.45) is 4.93. The SMILES string of the molecule is CCCCc1ccc(C(=O)N/N=C/c2ccc(OCc3ccc(OCc4ccccc4)c(OC)c3)cc2)cc1. The van der Waals surface area contributed by atoms with Gasteiger partial charge in [-0.25, -0.2) is 5.43 Å². The van der Waals surface area contributed by atoms with E-state index in [0.717, 1.165) is 41.7 Å². The number of benzene rings is 4. The lowest BCUT2D eigenvalue weighted by Crippen LogP contribution is -2.17. The van der Waals surface area contributed by atoms with Crippen LogP contribution < -0.4 is 19.6 Å². The van der Waals surface area contributed by atoms with Gasteiger partial charge in [0.05, 0.1) is 13.3 Å². The molecular weight excluding hydrogens is 488 g/mol. The van der Waals surface area contributed by atoms with E-state index in [-0.39, 0.29) is 5.91 Å². The lowest BCUT2D eigenvalue weighted by molar-refractivity contribution is 0.0955. The molecule has 0 heterocycles. The minimum absolute atomic E-state index is 0.236. The fourth-order valence-electron chi connectivity index (χ4n) is 3.91. The maximum absolute atomic E-state index is 12.3. The number of carbonyl (C=O) groups is 1. The van der Waals surface area contributed by atoms with Crippen molar-refractivity contribution in [2.24, 2.45) is 5.10 Å². The maximum Gasteiger partial charge on any atom is 0.271 e. The minimum atomic E-state index is -0.236. The van der Waals surface area contributed by atoms with Crippen LogP contribution in [-0.4, -0.2) is 19.2 Å². The lowest BCUT2D eigenvalue weighted by atomic mass is 10.1. The number of carbonyl (C=O) groups excluding carboxylic acids is 1. The summed E-state index contributed by atoms with van der Waals surface area (Å²) in [5.41, 5.74) is 7.31. The van der Waals surface area contributed by atoms with Gasteiger partial charge in [-0.3, -0.25) is 4.79 Å². The average molecular weight is 523 g/mol. The first kappa shape index (κ1) is 27.5. The molecule has 1 amide bonds. The van der Waals surface area contributed by atoms with E-state index in [2.05, 4.69) is 17.5 Å². The van der Waals surface area contributed by atoms with Gasteiger partial charge in [-0.1, -0.05) is 61.9 Å². The van der Waals surface area contributed by atoms with E-state index in [1.165, 1.54) is 5.56 Å². The number of ether oxygens (including phenoxy) is 3. The van der Waals surface area contributed by atoms with Gasteiger partial charge in [-0.15, -0.1) is 0 Å². The first-order valence-electron chi connectivity index (χ1n) is 13.1. The summed E-state index contributed by atoms with van der Waals surface area (Å²) in [5.74, 6) is 1.83. The molecule has 200 valence electrons. The number of rotatable bonds is 13. The van der Waals surface area contributed by atoms with Crippen molar-refractivity contribution in [2.75, 3.05) is 7.11 Å². The van der Waals surface area contributed by atoms with Crippen LogP contribution >= 0.6 is 0 Å². The van der Waals surface area contributed by atoms with Gasteiger partial charge in [0.1, 0.15) is 19.0 Å². The third-order valence-electron chi connectivity index (χ3n) is 6.17. The molecule has 0 aliphatic heterocycles. The molecule has 0 aliphatic rings. The fourth-order valence-corrected chi connectivity index (χ4v) is 3.91. The lowest BCUT2D eigenvalue weighted by Gasteiger charge is -2.13. The Hall–Kier alpha value is -4.58. The summed E-state index contributed by atoms with van der Waals surface area (Å²) in [6.45, 7) is 3.02. The number of hydrogen-bond acceptors (Lipinski definition) is 5. The number of hydrogen-bond donors (Lipinski definition) is 1. The van der Waals surface area contributed by atoms with Crippen molar-refractivity contribution < 1.29 is 19.0 Å².